The second-order valence-electron chi connectivity index (χ2n) is 4.93. The number of ether oxygens (including phenoxy) is 3. The summed E-state index contributed by atoms with van der Waals surface area (Å²) in [6, 6.07) is 11.9. The number of methoxy groups -OCH3 is 3. The van der Waals surface area contributed by atoms with Crippen molar-refractivity contribution in [1.82, 2.24) is 5.32 Å². The van der Waals surface area contributed by atoms with Crippen LogP contribution in [0.1, 0.15) is 16.7 Å². The molecule has 4 nitrogen and oxygen atoms in total. The average Bonchev–Trinajstić information content (AvgIpc) is 2.64. The Hall–Kier alpha value is -2.53. The van der Waals surface area contributed by atoms with Crippen LogP contribution in [0.15, 0.2) is 36.4 Å². The standard InChI is InChI=1S/C19H21NO3S/c1-20-19(24)16-14(11-10-13-8-6-5-7-9-13)12-15(21-2)17(22-3)18(16)23-4/h5-12H,1-4H3,(H,20,24)/b11-10+. The molecule has 2 aromatic carbocycles. The fourth-order valence-corrected chi connectivity index (χ4v) is 2.63. The van der Waals surface area contributed by atoms with E-state index in [1.54, 1.807) is 28.4 Å². The van der Waals surface area contributed by atoms with Crippen molar-refractivity contribution in [2.24, 2.45) is 0 Å². The Bertz CT molecular complexity index is 742. The molecule has 0 radical (unpaired) electrons. The van der Waals surface area contributed by atoms with E-state index >= 15 is 0 Å². The van der Waals surface area contributed by atoms with Gasteiger partial charge in [-0.3, -0.25) is 0 Å². The number of benzene rings is 2. The van der Waals surface area contributed by atoms with E-state index < -0.39 is 0 Å². The van der Waals surface area contributed by atoms with Crippen molar-refractivity contribution in [3.8, 4) is 17.2 Å². The van der Waals surface area contributed by atoms with Gasteiger partial charge in [-0.05, 0) is 17.2 Å². The summed E-state index contributed by atoms with van der Waals surface area (Å²) >= 11 is 5.46. The summed E-state index contributed by atoms with van der Waals surface area (Å²) in [4.78, 5) is 0.570. The van der Waals surface area contributed by atoms with Gasteiger partial charge in [0.1, 0.15) is 4.99 Å². The third-order valence-electron chi connectivity index (χ3n) is 3.57. The fourth-order valence-electron chi connectivity index (χ4n) is 2.42. The largest absolute Gasteiger partial charge is 0.493 e. The van der Waals surface area contributed by atoms with Crippen molar-refractivity contribution in [2.75, 3.05) is 28.4 Å². The number of rotatable bonds is 6. The first-order valence-corrected chi connectivity index (χ1v) is 7.85. The Morgan fingerprint density at radius 3 is 2.17 bits per heavy atom. The quantitative estimate of drug-likeness (QED) is 0.638. The number of nitrogens with one attached hydrogen (secondary N) is 1. The van der Waals surface area contributed by atoms with E-state index in [2.05, 4.69) is 5.32 Å². The molecule has 0 saturated carbocycles. The lowest BCUT2D eigenvalue weighted by molar-refractivity contribution is 0.324. The lowest BCUT2D eigenvalue weighted by Crippen LogP contribution is -2.19. The van der Waals surface area contributed by atoms with Crippen LogP contribution in [0.2, 0.25) is 0 Å². The van der Waals surface area contributed by atoms with Crippen molar-refractivity contribution in [2.45, 2.75) is 0 Å². The summed E-state index contributed by atoms with van der Waals surface area (Å²) < 4.78 is 16.4. The zero-order chi connectivity index (χ0) is 17.5. The maximum atomic E-state index is 5.56. The van der Waals surface area contributed by atoms with Crippen molar-refractivity contribution < 1.29 is 14.2 Å². The molecule has 0 atom stereocenters. The molecule has 1 N–H and O–H groups in total. The highest BCUT2D eigenvalue weighted by Gasteiger charge is 2.21. The summed E-state index contributed by atoms with van der Waals surface area (Å²) in [5.74, 6) is 1.65. The SMILES string of the molecule is CNC(=S)c1c(/C=C/c2ccccc2)cc(OC)c(OC)c1OC. The minimum absolute atomic E-state index is 0.518. The summed E-state index contributed by atoms with van der Waals surface area (Å²) in [5, 5.41) is 3.00. The van der Waals surface area contributed by atoms with Gasteiger partial charge in [-0.25, -0.2) is 0 Å². The van der Waals surface area contributed by atoms with Crippen LogP contribution in [0.3, 0.4) is 0 Å². The van der Waals surface area contributed by atoms with Crippen molar-refractivity contribution >= 4 is 29.4 Å². The topological polar surface area (TPSA) is 39.7 Å². The molecule has 0 saturated heterocycles. The average molecular weight is 343 g/mol. The zero-order valence-electron chi connectivity index (χ0n) is 14.3. The van der Waals surface area contributed by atoms with Crippen LogP contribution in [0, 0.1) is 0 Å². The molecule has 0 fully saturated rings. The van der Waals surface area contributed by atoms with Crippen LogP contribution in [0.25, 0.3) is 12.2 Å². The smallest absolute Gasteiger partial charge is 0.204 e. The lowest BCUT2D eigenvalue weighted by Gasteiger charge is -2.18. The van der Waals surface area contributed by atoms with Crippen LogP contribution in [0.5, 0.6) is 17.2 Å². The first-order valence-electron chi connectivity index (χ1n) is 7.44. The maximum absolute atomic E-state index is 5.56. The first-order chi connectivity index (χ1) is 11.7. The minimum atomic E-state index is 0.518. The molecule has 0 unspecified atom stereocenters. The normalized spacial score (nSPS) is 10.5. The first kappa shape index (κ1) is 17.8. The molecule has 5 heteroatoms. The van der Waals surface area contributed by atoms with Crippen LogP contribution < -0.4 is 19.5 Å². The van der Waals surface area contributed by atoms with Gasteiger partial charge >= 0.3 is 0 Å². The van der Waals surface area contributed by atoms with E-state index in [-0.39, 0.29) is 0 Å². The molecule has 0 aliphatic carbocycles. The Balaban J connectivity index is 2.64. The van der Waals surface area contributed by atoms with Gasteiger partial charge in [0.25, 0.3) is 0 Å². The number of thiocarbonyl (C=S) groups is 1. The second kappa shape index (κ2) is 8.36. The molecule has 2 aromatic rings. The molecule has 0 aliphatic heterocycles. The molecule has 0 heterocycles. The van der Waals surface area contributed by atoms with Gasteiger partial charge in [-0.2, -0.15) is 0 Å². The van der Waals surface area contributed by atoms with Gasteiger partial charge in [0, 0.05) is 7.05 Å². The number of hydrogen-bond donors (Lipinski definition) is 1. The molecule has 0 amide bonds. The van der Waals surface area contributed by atoms with Gasteiger partial charge in [0.05, 0.1) is 26.9 Å². The summed E-state index contributed by atoms with van der Waals surface area (Å²) in [6.45, 7) is 0. The Morgan fingerprint density at radius 2 is 1.62 bits per heavy atom. The van der Waals surface area contributed by atoms with Gasteiger partial charge in [-0.15, -0.1) is 0 Å². The van der Waals surface area contributed by atoms with E-state index in [1.165, 1.54) is 0 Å². The molecule has 0 spiro atoms. The summed E-state index contributed by atoms with van der Waals surface area (Å²) in [5.41, 5.74) is 2.74. The fraction of sp³-hybridized carbons (Fsp3) is 0.211. The maximum Gasteiger partial charge on any atom is 0.204 e. The van der Waals surface area contributed by atoms with Gasteiger partial charge in [-0.1, -0.05) is 54.7 Å². The molecular weight excluding hydrogens is 322 g/mol. The molecule has 24 heavy (non-hydrogen) atoms. The highest BCUT2D eigenvalue weighted by molar-refractivity contribution is 7.80. The van der Waals surface area contributed by atoms with Crippen LogP contribution >= 0.6 is 12.2 Å². The van der Waals surface area contributed by atoms with E-state index in [1.807, 2.05) is 48.6 Å². The molecule has 126 valence electrons. The third kappa shape index (κ3) is 3.68. The van der Waals surface area contributed by atoms with E-state index in [0.29, 0.717) is 22.2 Å². The Morgan fingerprint density at radius 1 is 0.958 bits per heavy atom. The Kier molecular flexibility index (Phi) is 6.21. The molecule has 0 bridgehead atoms. The minimum Gasteiger partial charge on any atom is -0.493 e. The van der Waals surface area contributed by atoms with Crippen LogP contribution in [0.4, 0.5) is 0 Å². The summed E-state index contributed by atoms with van der Waals surface area (Å²) in [7, 11) is 6.54. The van der Waals surface area contributed by atoms with Gasteiger partial charge < -0.3 is 19.5 Å². The van der Waals surface area contributed by atoms with Crippen LogP contribution in [-0.4, -0.2) is 33.4 Å². The zero-order valence-corrected chi connectivity index (χ0v) is 15.1. The molecule has 0 aromatic heterocycles. The van der Waals surface area contributed by atoms with Gasteiger partial charge in [0.2, 0.25) is 5.75 Å². The Labute approximate surface area is 148 Å². The molecule has 2 rings (SSSR count). The van der Waals surface area contributed by atoms with E-state index in [9.17, 15) is 0 Å². The number of hydrogen-bond acceptors (Lipinski definition) is 4. The van der Waals surface area contributed by atoms with Crippen molar-refractivity contribution in [1.29, 1.82) is 0 Å². The lowest BCUT2D eigenvalue weighted by atomic mass is 10.0. The van der Waals surface area contributed by atoms with E-state index in [0.717, 1.165) is 16.7 Å². The summed E-state index contributed by atoms with van der Waals surface area (Å²) in [6.07, 6.45) is 4.00. The highest BCUT2D eigenvalue weighted by Crippen LogP contribution is 2.42. The van der Waals surface area contributed by atoms with Gasteiger partial charge in [0.15, 0.2) is 11.5 Å². The van der Waals surface area contributed by atoms with E-state index in [4.69, 9.17) is 26.4 Å². The van der Waals surface area contributed by atoms with Crippen molar-refractivity contribution in [3.63, 3.8) is 0 Å². The third-order valence-corrected chi connectivity index (χ3v) is 3.98. The van der Waals surface area contributed by atoms with Crippen molar-refractivity contribution in [3.05, 3.63) is 53.1 Å². The molecule has 0 aliphatic rings. The highest BCUT2D eigenvalue weighted by atomic mass is 32.1. The predicted octanol–water partition coefficient (Wildman–Crippen LogP) is 3.78. The monoisotopic (exact) mass is 343 g/mol. The van der Waals surface area contributed by atoms with Crippen LogP contribution in [-0.2, 0) is 0 Å². The predicted molar refractivity (Wildman–Crippen MR) is 102 cm³/mol. The second-order valence-corrected chi connectivity index (χ2v) is 5.34. The molecular formula is C19H21NO3S.